The van der Waals surface area contributed by atoms with Crippen LogP contribution in [-0.4, -0.2) is 29.6 Å². The van der Waals surface area contributed by atoms with Gasteiger partial charge in [0.15, 0.2) is 11.7 Å². The lowest BCUT2D eigenvalue weighted by Gasteiger charge is -2.19. The monoisotopic (exact) mass is 433 g/mol. The van der Waals surface area contributed by atoms with E-state index in [0.717, 1.165) is 27.0 Å². The Morgan fingerprint density at radius 2 is 1.90 bits per heavy atom. The van der Waals surface area contributed by atoms with Crippen molar-refractivity contribution in [3.05, 3.63) is 77.6 Å². The number of thiazole rings is 1. The van der Waals surface area contributed by atoms with Crippen molar-refractivity contribution >= 4 is 32.6 Å². The zero-order valence-electron chi connectivity index (χ0n) is 17.7. The Labute approximate surface area is 185 Å². The highest BCUT2D eigenvalue weighted by atomic mass is 32.1. The largest absolute Gasteiger partial charge is 0.497 e. The number of hydrogen-bond donors (Lipinski definition) is 0. The quantitative estimate of drug-likeness (QED) is 0.414. The first-order valence-corrected chi connectivity index (χ1v) is 10.7. The Morgan fingerprint density at radius 1 is 1.06 bits per heavy atom. The van der Waals surface area contributed by atoms with Crippen molar-refractivity contribution < 1.29 is 14.3 Å². The number of benzene rings is 2. The van der Waals surface area contributed by atoms with Crippen LogP contribution in [0.3, 0.4) is 0 Å². The van der Waals surface area contributed by atoms with E-state index in [2.05, 4.69) is 18.0 Å². The average Bonchev–Trinajstić information content (AvgIpc) is 3.20. The number of carbonyl (C=O) groups is 1. The van der Waals surface area contributed by atoms with E-state index in [-0.39, 0.29) is 12.5 Å². The number of methoxy groups -OCH3 is 1. The molecule has 0 spiro atoms. The van der Waals surface area contributed by atoms with E-state index in [9.17, 15) is 4.79 Å². The SMILES string of the molecule is COc1cccc(OCC(=O)N(Cc2ccccn2)c2nc3cc(C)cc(C)c3s2)c1. The lowest BCUT2D eigenvalue weighted by atomic mass is 10.1. The van der Waals surface area contributed by atoms with Gasteiger partial charge in [0.1, 0.15) is 11.5 Å². The Morgan fingerprint density at radius 3 is 2.68 bits per heavy atom. The van der Waals surface area contributed by atoms with Gasteiger partial charge >= 0.3 is 0 Å². The van der Waals surface area contributed by atoms with Crippen molar-refractivity contribution in [1.82, 2.24) is 9.97 Å². The van der Waals surface area contributed by atoms with Crippen molar-refractivity contribution in [3.63, 3.8) is 0 Å². The van der Waals surface area contributed by atoms with Crippen LogP contribution in [0.25, 0.3) is 10.2 Å². The van der Waals surface area contributed by atoms with Crippen LogP contribution in [0.4, 0.5) is 5.13 Å². The summed E-state index contributed by atoms with van der Waals surface area (Å²) in [6.07, 6.45) is 1.72. The van der Waals surface area contributed by atoms with Crippen molar-refractivity contribution in [2.75, 3.05) is 18.6 Å². The molecule has 0 saturated carbocycles. The van der Waals surface area contributed by atoms with Crippen molar-refractivity contribution in [2.45, 2.75) is 20.4 Å². The van der Waals surface area contributed by atoms with Crippen LogP contribution >= 0.6 is 11.3 Å². The summed E-state index contributed by atoms with van der Waals surface area (Å²) in [6.45, 7) is 4.31. The van der Waals surface area contributed by atoms with Gasteiger partial charge in [-0.15, -0.1) is 0 Å². The molecule has 7 heteroatoms. The number of pyridine rings is 1. The zero-order chi connectivity index (χ0) is 21.8. The van der Waals surface area contributed by atoms with Crippen molar-refractivity contribution in [1.29, 1.82) is 0 Å². The van der Waals surface area contributed by atoms with Crippen LogP contribution in [0.1, 0.15) is 16.8 Å². The third-order valence-electron chi connectivity index (χ3n) is 4.79. The first-order chi connectivity index (χ1) is 15.0. The molecule has 4 aromatic rings. The van der Waals surface area contributed by atoms with Crippen LogP contribution in [0.2, 0.25) is 0 Å². The Kier molecular flexibility index (Phi) is 6.13. The minimum absolute atomic E-state index is 0.117. The lowest BCUT2D eigenvalue weighted by Crippen LogP contribution is -2.34. The molecule has 158 valence electrons. The standard InChI is InChI=1S/C24H23N3O3S/c1-16-11-17(2)23-21(12-16)26-24(31-23)27(14-18-7-4-5-10-25-18)22(28)15-30-20-9-6-8-19(13-20)29-3/h4-13H,14-15H2,1-3H3. The second-order valence-electron chi connectivity index (χ2n) is 7.20. The maximum absolute atomic E-state index is 13.2. The van der Waals surface area contributed by atoms with E-state index in [1.165, 1.54) is 11.3 Å². The molecule has 2 aromatic carbocycles. The molecule has 0 fully saturated rings. The van der Waals surface area contributed by atoms with Gasteiger partial charge in [0.25, 0.3) is 5.91 Å². The molecule has 0 aliphatic carbocycles. The fraction of sp³-hybridized carbons (Fsp3) is 0.208. The van der Waals surface area contributed by atoms with E-state index < -0.39 is 0 Å². The molecule has 31 heavy (non-hydrogen) atoms. The summed E-state index contributed by atoms with van der Waals surface area (Å²) in [5.74, 6) is 1.05. The van der Waals surface area contributed by atoms with Crippen LogP contribution in [0.15, 0.2) is 60.8 Å². The number of rotatable bonds is 7. The van der Waals surface area contributed by atoms with Crippen molar-refractivity contribution in [3.8, 4) is 11.5 Å². The molecule has 4 rings (SSSR count). The number of hydrogen-bond acceptors (Lipinski definition) is 6. The number of aromatic nitrogens is 2. The summed E-state index contributed by atoms with van der Waals surface area (Å²) < 4.78 is 12.0. The number of fused-ring (bicyclic) bond motifs is 1. The third-order valence-corrected chi connectivity index (χ3v) is 6.02. The summed E-state index contributed by atoms with van der Waals surface area (Å²) >= 11 is 1.51. The molecule has 0 bridgehead atoms. The van der Waals surface area contributed by atoms with E-state index in [1.807, 2.05) is 43.3 Å². The van der Waals surface area contributed by atoms with E-state index in [1.54, 1.807) is 30.3 Å². The molecular formula is C24H23N3O3S. The second kappa shape index (κ2) is 9.14. The minimum Gasteiger partial charge on any atom is -0.497 e. The van der Waals surface area contributed by atoms with Gasteiger partial charge in [-0.05, 0) is 55.3 Å². The maximum Gasteiger partial charge on any atom is 0.267 e. The summed E-state index contributed by atoms with van der Waals surface area (Å²) in [4.78, 5) is 24.0. The first kappa shape index (κ1) is 20.8. The Bertz CT molecular complexity index is 1210. The molecule has 6 nitrogen and oxygen atoms in total. The molecule has 0 aliphatic heterocycles. The Balaban J connectivity index is 1.62. The predicted octanol–water partition coefficient (Wildman–Crippen LogP) is 4.93. The number of aryl methyl sites for hydroxylation is 2. The predicted molar refractivity (Wildman–Crippen MR) is 123 cm³/mol. The number of nitrogens with zero attached hydrogens (tertiary/aromatic N) is 3. The van der Waals surface area contributed by atoms with Crippen LogP contribution in [0.5, 0.6) is 11.5 Å². The minimum atomic E-state index is -0.193. The summed E-state index contributed by atoms with van der Waals surface area (Å²) in [6, 6.07) is 17.0. The molecule has 0 atom stereocenters. The summed E-state index contributed by atoms with van der Waals surface area (Å²) in [5.41, 5.74) is 3.97. The fourth-order valence-corrected chi connectivity index (χ4v) is 4.34. The topological polar surface area (TPSA) is 64.6 Å². The van der Waals surface area contributed by atoms with E-state index >= 15 is 0 Å². The van der Waals surface area contributed by atoms with Crippen LogP contribution < -0.4 is 14.4 Å². The van der Waals surface area contributed by atoms with Gasteiger partial charge < -0.3 is 9.47 Å². The number of amides is 1. The molecule has 2 aromatic heterocycles. The van der Waals surface area contributed by atoms with Crippen molar-refractivity contribution in [2.24, 2.45) is 0 Å². The van der Waals surface area contributed by atoms with Gasteiger partial charge in [0, 0.05) is 12.3 Å². The maximum atomic E-state index is 13.2. The third kappa shape index (κ3) is 4.83. The number of anilines is 1. The highest BCUT2D eigenvalue weighted by Gasteiger charge is 2.22. The second-order valence-corrected chi connectivity index (χ2v) is 8.17. The highest BCUT2D eigenvalue weighted by molar-refractivity contribution is 7.22. The number of carbonyl (C=O) groups excluding carboxylic acids is 1. The Hall–Kier alpha value is -3.45. The smallest absolute Gasteiger partial charge is 0.267 e. The van der Waals surface area contributed by atoms with E-state index in [4.69, 9.17) is 14.5 Å². The highest BCUT2D eigenvalue weighted by Crippen LogP contribution is 2.33. The van der Waals surface area contributed by atoms with E-state index in [0.29, 0.717) is 23.2 Å². The molecule has 0 saturated heterocycles. The number of ether oxygens (including phenoxy) is 2. The molecule has 1 amide bonds. The zero-order valence-corrected chi connectivity index (χ0v) is 18.5. The first-order valence-electron chi connectivity index (χ1n) is 9.88. The van der Waals surface area contributed by atoms with Gasteiger partial charge in [0.2, 0.25) is 0 Å². The molecule has 0 aliphatic rings. The summed E-state index contributed by atoms with van der Waals surface area (Å²) in [7, 11) is 1.59. The molecule has 0 unspecified atom stereocenters. The molecular weight excluding hydrogens is 410 g/mol. The summed E-state index contributed by atoms with van der Waals surface area (Å²) in [5, 5.41) is 0.633. The molecule has 0 radical (unpaired) electrons. The molecule has 0 N–H and O–H groups in total. The molecule has 2 heterocycles. The van der Waals surface area contributed by atoms with Crippen LogP contribution in [-0.2, 0) is 11.3 Å². The van der Waals surface area contributed by atoms with Gasteiger partial charge in [-0.25, -0.2) is 4.98 Å². The van der Waals surface area contributed by atoms with Gasteiger partial charge in [-0.3, -0.25) is 14.7 Å². The fourth-order valence-electron chi connectivity index (χ4n) is 3.31. The normalized spacial score (nSPS) is 10.8. The lowest BCUT2D eigenvalue weighted by molar-refractivity contribution is -0.120. The van der Waals surface area contributed by atoms with Crippen LogP contribution in [0, 0.1) is 13.8 Å². The average molecular weight is 434 g/mol. The van der Waals surface area contributed by atoms with Gasteiger partial charge in [0.05, 0.1) is 29.6 Å². The van der Waals surface area contributed by atoms with Gasteiger partial charge in [-0.2, -0.15) is 0 Å². The van der Waals surface area contributed by atoms with Gasteiger partial charge in [-0.1, -0.05) is 29.5 Å².